The van der Waals surface area contributed by atoms with E-state index in [4.69, 9.17) is 11.6 Å². The van der Waals surface area contributed by atoms with E-state index >= 15 is 0 Å². The molecule has 0 fully saturated rings. The van der Waals surface area contributed by atoms with Gasteiger partial charge in [-0.2, -0.15) is 5.10 Å². The zero-order valence-corrected chi connectivity index (χ0v) is 8.45. The summed E-state index contributed by atoms with van der Waals surface area (Å²) >= 11 is 5.98. The molecule has 0 aliphatic heterocycles. The molecule has 0 bridgehead atoms. The number of nitrogens with zero attached hydrogens (tertiary/aromatic N) is 1. The molecule has 0 aliphatic carbocycles. The van der Waals surface area contributed by atoms with E-state index in [1.54, 1.807) is 0 Å². The van der Waals surface area contributed by atoms with Crippen LogP contribution in [0.2, 0.25) is 5.15 Å². The Morgan fingerprint density at radius 2 is 2.20 bits per heavy atom. The van der Waals surface area contributed by atoms with Gasteiger partial charge in [0.2, 0.25) is 6.41 Å². The molecule has 0 radical (unpaired) electrons. The molecule has 0 saturated carbocycles. The van der Waals surface area contributed by atoms with E-state index in [1.807, 2.05) is 24.3 Å². The third-order valence-corrected chi connectivity index (χ3v) is 2.32. The number of carbonyl (C=O) groups is 1. The van der Waals surface area contributed by atoms with E-state index in [0.717, 1.165) is 16.5 Å². The van der Waals surface area contributed by atoms with Crippen molar-refractivity contribution in [1.82, 2.24) is 10.4 Å². The van der Waals surface area contributed by atoms with E-state index in [-0.39, 0.29) is 0 Å². The summed E-state index contributed by atoms with van der Waals surface area (Å²) < 4.78 is 0. The third-order valence-electron chi connectivity index (χ3n) is 2.02. The van der Waals surface area contributed by atoms with Gasteiger partial charge in [-0.3, -0.25) is 4.79 Å². The van der Waals surface area contributed by atoms with Crippen molar-refractivity contribution in [3.63, 3.8) is 0 Å². The van der Waals surface area contributed by atoms with Crippen LogP contribution in [0.1, 0.15) is 5.56 Å². The second kappa shape index (κ2) is 4.14. The van der Waals surface area contributed by atoms with Crippen molar-refractivity contribution >= 4 is 35.1 Å². The van der Waals surface area contributed by atoms with Gasteiger partial charge in [-0.25, -0.2) is 5.43 Å². The Bertz CT molecular complexity index is 518. The highest BCUT2D eigenvalue weighted by Crippen LogP contribution is 2.23. The number of hydrazone groups is 1. The van der Waals surface area contributed by atoms with Crippen molar-refractivity contribution < 1.29 is 4.79 Å². The molecule has 0 unspecified atom stereocenters. The first-order chi connectivity index (χ1) is 7.33. The summed E-state index contributed by atoms with van der Waals surface area (Å²) in [6, 6.07) is 7.68. The van der Waals surface area contributed by atoms with Crippen molar-refractivity contribution in [3.05, 3.63) is 35.0 Å². The average molecular weight is 222 g/mol. The lowest BCUT2D eigenvalue weighted by atomic mass is 10.2. The van der Waals surface area contributed by atoms with E-state index in [1.165, 1.54) is 6.21 Å². The monoisotopic (exact) mass is 221 g/mol. The number of para-hydroxylation sites is 1. The van der Waals surface area contributed by atoms with E-state index < -0.39 is 0 Å². The number of amides is 1. The minimum Gasteiger partial charge on any atom is -0.345 e. The number of halogens is 1. The average Bonchev–Trinajstić information content (AvgIpc) is 2.56. The van der Waals surface area contributed by atoms with Crippen LogP contribution in [-0.4, -0.2) is 17.6 Å². The number of H-pyrrole nitrogens is 1. The van der Waals surface area contributed by atoms with Crippen LogP contribution in [0.15, 0.2) is 29.4 Å². The zero-order valence-electron chi connectivity index (χ0n) is 7.70. The van der Waals surface area contributed by atoms with Crippen LogP contribution < -0.4 is 5.43 Å². The summed E-state index contributed by atoms with van der Waals surface area (Å²) in [5, 5.41) is 5.17. The Balaban J connectivity index is 2.49. The molecule has 76 valence electrons. The lowest BCUT2D eigenvalue weighted by Gasteiger charge is -1.90. The number of nitrogens with one attached hydrogen (secondary N) is 2. The molecule has 2 rings (SSSR count). The van der Waals surface area contributed by atoms with Gasteiger partial charge >= 0.3 is 0 Å². The van der Waals surface area contributed by atoms with E-state index in [2.05, 4.69) is 15.5 Å². The van der Waals surface area contributed by atoms with Crippen LogP contribution in [0.5, 0.6) is 0 Å². The van der Waals surface area contributed by atoms with Crippen LogP contribution in [0, 0.1) is 0 Å². The number of fused-ring (bicyclic) bond motifs is 1. The number of hydrogen-bond acceptors (Lipinski definition) is 2. The third kappa shape index (κ3) is 1.85. The highest BCUT2D eigenvalue weighted by molar-refractivity contribution is 6.34. The highest BCUT2D eigenvalue weighted by Gasteiger charge is 2.06. The fourth-order valence-electron chi connectivity index (χ4n) is 1.39. The summed E-state index contributed by atoms with van der Waals surface area (Å²) in [7, 11) is 0. The van der Waals surface area contributed by atoms with Gasteiger partial charge in [0, 0.05) is 16.5 Å². The Labute approximate surface area is 90.9 Å². The summed E-state index contributed by atoms with van der Waals surface area (Å²) in [5.74, 6) is 0. The molecular weight excluding hydrogens is 214 g/mol. The predicted molar refractivity (Wildman–Crippen MR) is 60.1 cm³/mol. The van der Waals surface area contributed by atoms with Crippen molar-refractivity contribution in [2.75, 3.05) is 0 Å². The van der Waals surface area contributed by atoms with Gasteiger partial charge < -0.3 is 4.98 Å². The molecule has 1 aromatic heterocycles. The van der Waals surface area contributed by atoms with Crippen LogP contribution >= 0.6 is 11.6 Å². The maximum atomic E-state index is 10.0. The molecule has 0 aliphatic rings. The summed E-state index contributed by atoms with van der Waals surface area (Å²) in [6.45, 7) is 0. The summed E-state index contributed by atoms with van der Waals surface area (Å²) in [4.78, 5) is 13.0. The molecule has 1 heterocycles. The maximum Gasteiger partial charge on any atom is 0.227 e. The van der Waals surface area contributed by atoms with E-state index in [0.29, 0.717) is 11.6 Å². The van der Waals surface area contributed by atoms with Gasteiger partial charge in [-0.1, -0.05) is 29.8 Å². The Morgan fingerprint density at radius 1 is 1.40 bits per heavy atom. The fourth-order valence-corrected chi connectivity index (χ4v) is 1.64. The Hall–Kier alpha value is -1.81. The lowest BCUT2D eigenvalue weighted by molar-refractivity contribution is -0.109. The zero-order chi connectivity index (χ0) is 10.7. The molecule has 4 nitrogen and oxygen atoms in total. The smallest absolute Gasteiger partial charge is 0.227 e. The standard InChI is InChI=1S/C10H8ClN3O/c11-10-8(5-12-13-6-15)7-3-1-2-4-9(7)14-10/h1-6,14H,(H,13,15)/b12-5+. The molecule has 0 saturated heterocycles. The molecule has 0 spiro atoms. The van der Waals surface area contributed by atoms with E-state index in [9.17, 15) is 4.79 Å². The Kier molecular flexibility index (Phi) is 2.69. The number of aromatic amines is 1. The molecule has 1 amide bonds. The topological polar surface area (TPSA) is 57.2 Å². The number of carbonyl (C=O) groups excluding carboxylic acids is 1. The van der Waals surface area contributed by atoms with Gasteiger partial charge in [0.05, 0.1) is 6.21 Å². The van der Waals surface area contributed by atoms with Crippen molar-refractivity contribution in [3.8, 4) is 0 Å². The van der Waals surface area contributed by atoms with Gasteiger partial charge in [0.25, 0.3) is 0 Å². The predicted octanol–water partition coefficient (Wildman–Crippen LogP) is 1.90. The minimum absolute atomic E-state index is 0.499. The molecule has 1 aromatic carbocycles. The number of rotatable bonds is 3. The molecule has 2 aromatic rings. The first-order valence-electron chi connectivity index (χ1n) is 4.31. The SMILES string of the molecule is O=CN/N=C/c1c(Cl)[nH]c2ccccc12. The summed E-state index contributed by atoms with van der Waals surface area (Å²) in [5.41, 5.74) is 3.90. The van der Waals surface area contributed by atoms with Gasteiger partial charge in [-0.15, -0.1) is 0 Å². The number of benzene rings is 1. The Morgan fingerprint density at radius 3 is 3.00 bits per heavy atom. The molecule has 2 N–H and O–H groups in total. The van der Waals surface area contributed by atoms with Gasteiger partial charge in [0.1, 0.15) is 5.15 Å². The molecule has 5 heteroatoms. The number of aromatic nitrogens is 1. The number of hydrogen-bond donors (Lipinski definition) is 2. The minimum atomic E-state index is 0.499. The normalized spacial score (nSPS) is 11.0. The fraction of sp³-hybridized carbons (Fsp3) is 0. The van der Waals surface area contributed by atoms with Crippen molar-refractivity contribution in [2.45, 2.75) is 0 Å². The summed E-state index contributed by atoms with van der Waals surface area (Å²) in [6.07, 6.45) is 2.01. The highest BCUT2D eigenvalue weighted by atomic mass is 35.5. The second-order valence-corrected chi connectivity index (χ2v) is 3.28. The van der Waals surface area contributed by atoms with Gasteiger partial charge in [0.15, 0.2) is 0 Å². The maximum absolute atomic E-state index is 10.0. The van der Waals surface area contributed by atoms with Crippen LogP contribution in [0.25, 0.3) is 10.9 Å². The molecule has 15 heavy (non-hydrogen) atoms. The van der Waals surface area contributed by atoms with Gasteiger partial charge in [-0.05, 0) is 6.07 Å². The molecule has 0 atom stereocenters. The lowest BCUT2D eigenvalue weighted by Crippen LogP contribution is -2.00. The second-order valence-electron chi connectivity index (χ2n) is 2.90. The van der Waals surface area contributed by atoms with Crippen molar-refractivity contribution in [2.24, 2.45) is 5.10 Å². The van der Waals surface area contributed by atoms with Crippen molar-refractivity contribution in [1.29, 1.82) is 0 Å². The first-order valence-corrected chi connectivity index (χ1v) is 4.69. The van der Waals surface area contributed by atoms with Crippen LogP contribution in [0.3, 0.4) is 0 Å². The first kappa shape index (κ1) is 9.73. The van der Waals surface area contributed by atoms with Crippen LogP contribution in [0.4, 0.5) is 0 Å². The largest absolute Gasteiger partial charge is 0.345 e. The molecular formula is C10H8ClN3O. The van der Waals surface area contributed by atoms with Crippen LogP contribution in [-0.2, 0) is 4.79 Å². The quantitative estimate of drug-likeness (QED) is 0.464.